The van der Waals surface area contributed by atoms with E-state index >= 15 is 0 Å². The van der Waals surface area contributed by atoms with Crippen LogP contribution in [0.4, 0.5) is 0 Å². The lowest BCUT2D eigenvalue weighted by Crippen LogP contribution is -2.24. The molecule has 0 atom stereocenters. The summed E-state index contributed by atoms with van der Waals surface area (Å²) in [5.41, 5.74) is 0.254. The summed E-state index contributed by atoms with van der Waals surface area (Å²) in [4.78, 5) is 25.5. The number of aryl methyl sites for hydroxylation is 1. The maximum atomic E-state index is 12.0. The van der Waals surface area contributed by atoms with Crippen LogP contribution in [-0.4, -0.2) is 34.2 Å². The number of carbonyl (C=O) groups excluding carboxylic acids is 1. The molecule has 22 heavy (non-hydrogen) atoms. The Morgan fingerprint density at radius 1 is 1.41 bits per heavy atom. The molecule has 7 nitrogen and oxygen atoms in total. The Bertz CT molecular complexity index is 663. The Morgan fingerprint density at radius 3 is 3.00 bits per heavy atom. The van der Waals surface area contributed by atoms with Crippen molar-refractivity contribution in [1.29, 1.82) is 0 Å². The van der Waals surface area contributed by atoms with Gasteiger partial charge in [-0.05, 0) is 31.0 Å². The lowest BCUT2D eigenvalue weighted by Gasteiger charge is -2.07. The van der Waals surface area contributed by atoms with Crippen LogP contribution >= 0.6 is 0 Å². The van der Waals surface area contributed by atoms with Crippen molar-refractivity contribution in [1.82, 2.24) is 20.5 Å². The first-order valence-corrected chi connectivity index (χ1v) is 7.33. The number of hydrogen-bond donors (Lipinski definition) is 3. The van der Waals surface area contributed by atoms with E-state index < -0.39 is 0 Å². The average molecular weight is 304 g/mol. The molecule has 0 aliphatic heterocycles. The SMILES string of the molecule is CCCOc1cccc(C(=O)NCCCc2n[nH]c(=O)[nH]2)c1. The molecule has 0 spiro atoms. The minimum atomic E-state index is -0.317. The second-order valence-corrected chi connectivity index (χ2v) is 4.86. The largest absolute Gasteiger partial charge is 0.494 e. The molecule has 118 valence electrons. The predicted octanol–water partition coefficient (Wildman–Crippen LogP) is 1.25. The van der Waals surface area contributed by atoms with E-state index in [9.17, 15) is 9.59 Å². The first-order valence-electron chi connectivity index (χ1n) is 7.33. The highest BCUT2D eigenvalue weighted by Crippen LogP contribution is 2.13. The molecule has 0 aliphatic rings. The van der Waals surface area contributed by atoms with Crippen LogP contribution in [0.3, 0.4) is 0 Å². The molecule has 1 heterocycles. The minimum absolute atomic E-state index is 0.141. The number of aromatic amines is 2. The number of benzene rings is 1. The molecule has 0 saturated carbocycles. The van der Waals surface area contributed by atoms with Crippen LogP contribution < -0.4 is 15.7 Å². The Labute approximate surface area is 128 Å². The van der Waals surface area contributed by atoms with E-state index in [0.29, 0.717) is 43.1 Å². The van der Waals surface area contributed by atoms with Gasteiger partial charge in [-0.1, -0.05) is 13.0 Å². The van der Waals surface area contributed by atoms with Gasteiger partial charge < -0.3 is 10.1 Å². The van der Waals surface area contributed by atoms with Crippen molar-refractivity contribution in [2.24, 2.45) is 0 Å². The van der Waals surface area contributed by atoms with Crippen molar-refractivity contribution < 1.29 is 9.53 Å². The van der Waals surface area contributed by atoms with Crippen LogP contribution in [0.15, 0.2) is 29.1 Å². The maximum Gasteiger partial charge on any atom is 0.340 e. The molecule has 1 aromatic carbocycles. The molecule has 0 bridgehead atoms. The number of nitrogens with zero attached hydrogens (tertiary/aromatic N) is 1. The van der Waals surface area contributed by atoms with Crippen molar-refractivity contribution in [3.05, 3.63) is 46.1 Å². The zero-order valence-corrected chi connectivity index (χ0v) is 12.5. The molecular formula is C15H20N4O3. The van der Waals surface area contributed by atoms with Gasteiger partial charge in [-0.25, -0.2) is 9.89 Å². The molecule has 0 unspecified atom stereocenters. The van der Waals surface area contributed by atoms with E-state index in [0.717, 1.165) is 6.42 Å². The topological polar surface area (TPSA) is 99.9 Å². The zero-order chi connectivity index (χ0) is 15.8. The number of ether oxygens (including phenoxy) is 1. The monoisotopic (exact) mass is 304 g/mol. The van der Waals surface area contributed by atoms with Gasteiger partial charge in [0, 0.05) is 18.5 Å². The summed E-state index contributed by atoms with van der Waals surface area (Å²) in [5, 5.41) is 8.95. The van der Waals surface area contributed by atoms with Crippen molar-refractivity contribution in [3.63, 3.8) is 0 Å². The lowest BCUT2D eigenvalue weighted by molar-refractivity contribution is 0.0952. The van der Waals surface area contributed by atoms with Gasteiger partial charge in [-0.3, -0.25) is 9.78 Å². The summed E-state index contributed by atoms with van der Waals surface area (Å²) in [6.07, 6.45) is 2.21. The first-order chi connectivity index (χ1) is 10.7. The summed E-state index contributed by atoms with van der Waals surface area (Å²) in [6, 6.07) is 7.12. The van der Waals surface area contributed by atoms with Crippen molar-refractivity contribution in [2.45, 2.75) is 26.2 Å². The van der Waals surface area contributed by atoms with Gasteiger partial charge in [0.25, 0.3) is 5.91 Å². The second kappa shape index (κ2) is 8.02. The van der Waals surface area contributed by atoms with E-state index in [1.807, 2.05) is 13.0 Å². The maximum absolute atomic E-state index is 12.0. The van der Waals surface area contributed by atoms with E-state index in [2.05, 4.69) is 20.5 Å². The second-order valence-electron chi connectivity index (χ2n) is 4.86. The normalized spacial score (nSPS) is 10.4. The molecule has 1 aromatic heterocycles. The molecule has 0 aliphatic carbocycles. The molecule has 2 rings (SSSR count). The third-order valence-corrected chi connectivity index (χ3v) is 3.00. The molecule has 1 amide bonds. The smallest absolute Gasteiger partial charge is 0.340 e. The fourth-order valence-electron chi connectivity index (χ4n) is 1.93. The highest BCUT2D eigenvalue weighted by atomic mass is 16.5. The third kappa shape index (κ3) is 4.76. The molecule has 2 aromatic rings. The number of hydrogen-bond acceptors (Lipinski definition) is 4. The summed E-state index contributed by atoms with van der Waals surface area (Å²) in [6.45, 7) is 3.17. The Morgan fingerprint density at radius 2 is 2.27 bits per heavy atom. The molecule has 0 saturated heterocycles. The Balaban J connectivity index is 1.78. The first kappa shape index (κ1) is 15.8. The van der Waals surface area contributed by atoms with E-state index in [1.165, 1.54) is 0 Å². The van der Waals surface area contributed by atoms with Crippen LogP contribution in [0.2, 0.25) is 0 Å². The van der Waals surface area contributed by atoms with Gasteiger partial charge in [0.1, 0.15) is 11.6 Å². The lowest BCUT2D eigenvalue weighted by atomic mass is 10.2. The van der Waals surface area contributed by atoms with Gasteiger partial charge in [0.15, 0.2) is 0 Å². The molecule has 3 N–H and O–H groups in total. The number of H-pyrrole nitrogens is 2. The number of carbonyl (C=O) groups is 1. The number of amides is 1. The number of nitrogens with one attached hydrogen (secondary N) is 3. The Hall–Kier alpha value is -2.57. The van der Waals surface area contributed by atoms with E-state index in [-0.39, 0.29) is 11.6 Å². The van der Waals surface area contributed by atoms with Gasteiger partial charge in [-0.15, -0.1) is 0 Å². The fourth-order valence-corrected chi connectivity index (χ4v) is 1.93. The van der Waals surface area contributed by atoms with Gasteiger partial charge in [0.05, 0.1) is 6.61 Å². The predicted molar refractivity (Wildman–Crippen MR) is 82.1 cm³/mol. The Kier molecular flexibility index (Phi) is 5.76. The van der Waals surface area contributed by atoms with E-state index in [4.69, 9.17) is 4.74 Å². The van der Waals surface area contributed by atoms with Crippen LogP contribution in [-0.2, 0) is 6.42 Å². The van der Waals surface area contributed by atoms with Crippen molar-refractivity contribution in [3.8, 4) is 5.75 Å². The van der Waals surface area contributed by atoms with Gasteiger partial charge >= 0.3 is 5.69 Å². The summed E-state index contributed by atoms with van der Waals surface area (Å²) < 4.78 is 5.51. The standard InChI is InChI=1S/C15H20N4O3/c1-2-9-22-12-6-3-5-11(10-12)14(20)16-8-4-7-13-17-15(21)19-18-13/h3,5-6,10H,2,4,7-9H2,1H3,(H,16,20)(H2,17,18,19,21). The minimum Gasteiger partial charge on any atom is -0.494 e. The van der Waals surface area contributed by atoms with Crippen molar-refractivity contribution >= 4 is 5.91 Å². The quantitative estimate of drug-likeness (QED) is 0.639. The zero-order valence-electron chi connectivity index (χ0n) is 12.5. The van der Waals surface area contributed by atoms with E-state index in [1.54, 1.807) is 18.2 Å². The van der Waals surface area contributed by atoms with Crippen LogP contribution in [0.25, 0.3) is 0 Å². The summed E-state index contributed by atoms with van der Waals surface area (Å²) in [5.74, 6) is 1.15. The highest BCUT2D eigenvalue weighted by molar-refractivity contribution is 5.94. The number of aromatic nitrogens is 3. The van der Waals surface area contributed by atoms with Gasteiger partial charge in [-0.2, -0.15) is 5.10 Å². The van der Waals surface area contributed by atoms with Gasteiger partial charge in [0.2, 0.25) is 0 Å². The highest BCUT2D eigenvalue weighted by Gasteiger charge is 2.06. The molecule has 0 radical (unpaired) electrons. The summed E-state index contributed by atoms with van der Waals surface area (Å²) in [7, 11) is 0. The summed E-state index contributed by atoms with van der Waals surface area (Å²) >= 11 is 0. The molecule has 0 fully saturated rings. The van der Waals surface area contributed by atoms with Crippen LogP contribution in [0.5, 0.6) is 5.75 Å². The number of rotatable bonds is 8. The molecule has 7 heteroatoms. The average Bonchev–Trinajstić information content (AvgIpc) is 2.95. The van der Waals surface area contributed by atoms with Crippen LogP contribution in [0, 0.1) is 0 Å². The molecular weight excluding hydrogens is 284 g/mol. The third-order valence-electron chi connectivity index (χ3n) is 3.00. The van der Waals surface area contributed by atoms with Crippen molar-refractivity contribution in [2.75, 3.05) is 13.2 Å². The van der Waals surface area contributed by atoms with Crippen LogP contribution in [0.1, 0.15) is 35.9 Å². The fraction of sp³-hybridized carbons (Fsp3) is 0.400.